The first-order chi connectivity index (χ1) is 9.97. The van der Waals surface area contributed by atoms with E-state index in [9.17, 15) is 9.59 Å². The van der Waals surface area contributed by atoms with Gasteiger partial charge in [0.15, 0.2) is 0 Å². The van der Waals surface area contributed by atoms with E-state index in [4.69, 9.17) is 5.11 Å². The second-order valence-electron chi connectivity index (χ2n) is 4.69. The van der Waals surface area contributed by atoms with Crippen molar-refractivity contribution in [2.45, 2.75) is 32.7 Å². The van der Waals surface area contributed by atoms with Crippen LogP contribution < -0.4 is 5.32 Å². The van der Waals surface area contributed by atoms with Gasteiger partial charge in [0.05, 0.1) is 11.7 Å². The Hall–Kier alpha value is -1.73. The van der Waals surface area contributed by atoms with E-state index in [1.807, 2.05) is 23.8 Å². The van der Waals surface area contributed by atoms with Gasteiger partial charge < -0.3 is 10.4 Å². The third-order valence-corrected chi connectivity index (χ3v) is 5.04. The predicted molar refractivity (Wildman–Crippen MR) is 83.0 cm³/mol. The van der Waals surface area contributed by atoms with Crippen LogP contribution in [0.2, 0.25) is 0 Å². The zero-order valence-corrected chi connectivity index (χ0v) is 13.4. The summed E-state index contributed by atoms with van der Waals surface area (Å²) in [4.78, 5) is 27.3. The molecule has 1 atom stereocenters. The summed E-state index contributed by atoms with van der Waals surface area (Å²) in [6, 6.07) is 1.72. The Bertz CT molecular complexity index is 635. The number of carboxylic acids is 1. The maximum absolute atomic E-state index is 11.9. The summed E-state index contributed by atoms with van der Waals surface area (Å²) < 4.78 is 0. The largest absolute Gasteiger partial charge is 0.477 e. The summed E-state index contributed by atoms with van der Waals surface area (Å²) in [5.41, 5.74) is 1.64. The molecule has 7 heteroatoms. The van der Waals surface area contributed by atoms with Crippen molar-refractivity contribution < 1.29 is 14.7 Å². The zero-order chi connectivity index (χ0) is 15.4. The van der Waals surface area contributed by atoms with Crippen LogP contribution in [0.25, 0.3) is 0 Å². The Balaban J connectivity index is 1.91. The molecule has 0 spiro atoms. The second-order valence-corrected chi connectivity index (χ2v) is 6.50. The number of aromatic nitrogens is 1. The van der Waals surface area contributed by atoms with E-state index in [1.165, 1.54) is 0 Å². The normalized spacial score (nSPS) is 12.1. The molecule has 0 aliphatic heterocycles. The number of nitrogens with zero attached hydrogens (tertiary/aromatic N) is 1. The van der Waals surface area contributed by atoms with Crippen molar-refractivity contribution in [2.24, 2.45) is 0 Å². The Labute approximate surface area is 130 Å². The number of aryl methyl sites for hydroxylation is 2. The van der Waals surface area contributed by atoms with Gasteiger partial charge in [-0.25, -0.2) is 9.78 Å². The Morgan fingerprint density at radius 3 is 2.81 bits per heavy atom. The van der Waals surface area contributed by atoms with Gasteiger partial charge >= 0.3 is 5.97 Å². The first kappa shape index (κ1) is 15.7. The summed E-state index contributed by atoms with van der Waals surface area (Å²) >= 11 is 2.72. The van der Waals surface area contributed by atoms with Crippen molar-refractivity contribution in [1.29, 1.82) is 0 Å². The van der Waals surface area contributed by atoms with Crippen LogP contribution in [0.1, 0.15) is 45.3 Å². The highest BCUT2D eigenvalue weighted by atomic mass is 32.1. The zero-order valence-electron chi connectivity index (χ0n) is 11.8. The molecule has 0 aromatic carbocycles. The van der Waals surface area contributed by atoms with E-state index in [-0.39, 0.29) is 16.8 Å². The van der Waals surface area contributed by atoms with Gasteiger partial charge in [-0.15, -0.1) is 11.3 Å². The van der Waals surface area contributed by atoms with E-state index in [0.717, 1.165) is 16.9 Å². The van der Waals surface area contributed by atoms with Gasteiger partial charge in [0.1, 0.15) is 9.88 Å². The first-order valence-corrected chi connectivity index (χ1v) is 8.24. The van der Waals surface area contributed by atoms with Crippen molar-refractivity contribution in [1.82, 2.24) is 10.3 Å². The molecule has 0 fully saturated rings. The molecule has 0 saturated heterocycles. The monoisotopic (exact) mass is 324 g/mol. The lowest BCUT2D eigenvalue weighted by Crippen LogP contribution is -2.26. The Morgan fingerprint density at radius 1 is 1.48 bits per heavy atom. The summed E-state index contributed by atoms with van der Waals surface area (Å²) in [6.07, 6.45) is 1.12. The number of thiophene rings is 1. The molecule has 0 radical (unpaired) electrons. The number of aromatic carboxylic acids is 1. The molecular weight excluding hydrogens is 308 g/mol. The number of amides is 1. The average Bonchev–Trinajstić information content (AvgIpc) is 3.05. The maximum atomic E-state index is 11.9. The lowest BCUT2D eigenvalue weighted by molar-refractivity contribution is -0.121. The van der Waals surface area contributed by atoms with Gasteiger partial charge in [0, 0.05) is 6.42 Å². The first-order valence-electron chi connectivity index (χ1n) is 6.48. The highest BCUT2D eigenvalue weighted by molar-refractivity contribution is 7.13. The van der Waals surface area contributed by atoms with Crippen molar-refractivity contribution in [3.05, 3.63) is 38.0 Å². The van der Waals surface area contributed by atoms with Crippen molar-refractivity contribution in [2.75, 3.05) is 0 Å². The molecule has 2 heterocycles. The Morgan fingerprint density at radius 2 is 2.24 bits per heavy atom. The van der Waals surface area contributed by atoms with Crippen LogP contribution in [0.15, 0.2) is 16.8 Å². The molecule has 1 amide bonds. The number of thiazole rings is 1. The third-order valence-electron chi connectivity index (χ3n) is 2.98. The number of hydrogen-bond acceptors (Lipinski definition) is 5. The molecule has 21 heavy (non-hydrogen) atoms. The highest BCUT2D eigenvalue weighted by Gasteiger charge is 2.19. The fraction of sp³-hybridized carbons (Fsp3) is 0.357. The van der Waals surface area contributed by atoms with Crippen molar-refractivity contribution in [3.63, 3.8) is 0 Å². The molecule has 0 aliphatic carbocycles. The molecule has 2 aromatic rings. The van der Waals surface area contributed by atoms with Gasteiger partial charge in [0.2, 0.25) is 5.91 Å². The van der Waals surface area contributed by atoms with Crippen LogP contribution in [0.3, 0.4) is 0 Å². The quantitative estimate of drug-likeness (QED) is 0.856. The molecule has 0 saturated carbocycles. The van der Waals surface area contributed by atoms with Crippen LogP contribution in [0.5, 0.6) is 0 Å². The van der Waals surface area contributed by atoms with E-state index in [2.05, 4.69) is 10.3 Å². The fourth-order valence-electron chi connectivity index (χ4n) is 1.87. The minimum atomic E-state index is -0.979. The van der Waals surface area contributed by atoms with E-state index in [1.54, 1.807) is 18.3 Å². The third kappa shape index (κ3) is 4.12. The van der Waals surface area contributed by atoms with Crippen LogP contribution in [-0.2, 0) is 11.2 Å². The van der Waals surface area contributed by atoms with Crippen molar-refractivity contribution in [3.8, 4) is 0 Å². The van der Waals surface area contributed by atoms with E-state index in [0.29, 0.717) is 23.5 Å². The summed E-state index contributed by atoms with van der Waals surface area (Å²) in [5, 5.41) is 16.5. The molecular formula is C14H16N2O3S2. The summed E-state index contributed by atoms with van der Waals surface area (Å²) in [6.45, 7) is 3.47. The second kappa shape index (κ2) is 6.82. The van der Waals surface area contributed by atoms with E-state index >= 15 is 0 Å². The number of carboxylic acid groups (broad SMARTS) is 1. The van der Waals surface area contributed by atoms with Crippen LogP contribution in [-0.4, -0.2) is 22.0 Å². The number of hydrogen-bond donors (Lipinski definition) is 2. The van der Waals surface area contributed by atoms with Crippen LogP contribution >= 0.6 is 22.7 Å². The molecule has 2 aromatic heterocycles. The maximum Gasteiger partial charge on any atom is 0.347 e. The molecule has 2 rings (SSSR count). The summed E-state index contributed by atoms with van der Waals surface area (Å²) in [5.74, 6) is -1.04. The van der Waals surface area contributed by atoms with Crippen LogP contribution in [0, 0.1) is 6.92 Å². The molecule has 0 bridgehead atoms. The van der Waals surface area contributed by atoms with Gasteiger partial charge in [0.25, 0.3) is 0 Å². The molecule has 5 nitrogen and oxygen atoms in total. The lowest BCUT2D eigenvalue weighted by Gasteiger charge is -2.10. The predicted octanol–water partition coefficient (Wildman–Crippen LogP) is 3.02. The summed E-state index contributed by atoms with van der Waals surface area (Å²) in [7, 11) is 0. The van der Waals surface area contributed by atoms with Gasteiger partial charge in [-0.2, -0.15) is 11.3 Å². The minimum Gasteiger partial charge on any atom is -0.477 e. The fourth-order valence-corrected chi connectivity index (χ4v) is 3.48. The molecule has 2 N–H and O–H groups in total. The van der Waals surface area contributed by atoms with Crippen LogP contribution in [0.4, 0.5) is 0 Å². The van der Waals surface area contributed by atoms with E-state index < -0.39 is 5.97 Å². The SMILES string of the molecule is Cc1nc([C@@H](C)NC(=O)CCc2ccsc2)sc1C(=O)O. The number of carbonyl (C=O) groups is 2. The minimum absolute atomic E-state index is 0.0570. The van der Waals surface area contributed by atoms with Gasteiger partial charge in [-0.1, -0.05) is 0 Å². The average molecular weight is 324 g/mol. The van der Waals surface area contributed by atoms with Crippen molar-refractivity contribution >= 4 is 34.6 Å². The highest BCUT2D eigenvalue weighted by Crippen LogP contribution is 2.23. The van der Waals surface area contributed by atoms with Gasteiger partial charge in [-0.05, 0) is 42.7 Å². The number of rotatable bonds is 6. The topological polar surface area (TPSA) is 79.3 Å². The molecule has 112 valence electrons. The molecule has 0 unspecified atom stereocenters. The lowest BCUT2D eigenvalue weighted by atomic mass is 10.2. The smallest absolute Gasteiger partial charge is 0.347 e. The Kier molecular flexibility index (Phi) is 5.08. The number of carbonyl (C=O) groups excluding carboxylic acids is 1. The standard InChI is InChI=1S/C14H16N2O3S2/c1-8-12(14(18)19)21-13(16-8)9(2)15-11(17)4-3-10-5-6-20-7-10/h5-7,9H,3-4H2,1-2H3,(H,15,17)(H,18,19)/t9-/m1/s1. The number of nitrogens with one attached hydrogen (secondary N) is 1. The molecule has 0 aliphatic rings. The van der Waals surface area contributed by atoms with Gasteiger partial charge in [-0.3, -0.25) is 4.79 Å².